The van der Waals surface area contributed by atoms with E-state index in [0.29, 0.717) is 16.7 Å². The lowest BCUT2D eigenvalue weighted by molar-refractivity contribution is 0.103. The number of ether oxygens (including phenoxy) is 1. The molecular formula is C20H24O5. The van der Waals surface area contributed by atoms with Crippen molar-refractivity contribution in [1.29, 1.82) is 0 Å². The zero-order valence-corrected chi connectivity index (χ0v) is 15.0. The van der Waals surface area contributed by atoms with E-state index in [1.165, 1.54) is 0 Å². The van der Waals surface area contributed by atoms with Crippen molar-refractivity contribution in [2.45, 2.75) is 69.7 Å². The molecule has 3 aliphatic rings. The Labute approximate surface area is 146 Å². The van der Waals surface area contributed by atoms with E-state index in [1.807, 2.05) is 13.8 Å². The Balaban J connectivity index is 1.93. The van der Waals surface area contributed by atoms with Crippen LogP contribution in [-0.4, -0.2) is 38.4 Å². The fraction of sp³-hybridized carbons (Fsp3) is 0.550. The molecule has 25 heavy (non-hydrogen) atoms. The van der Waals surface area contributed by atoms with Crippen molar-refractivity contribution in [3.05, 3.63) is 34.4 Å². The van der Waals surface area contributed by atoms with Gasteiger partial charge >= 0.3 is 0 Å². The smallest absolute Gasteiger partial charge is 0.186 e. The molecule has 4 atom stereocenters. The summed E-state index contributed by atoms with van der Waals surface area (Å²) in [7, 11) is 0. The largest absolute Gasteiger partial charge is 0.504 e. The predicted molar refractivity (Wildman–Crippen MR) is 92.1 cm³/mol. The van der Waals surface area contributed by atoms with Gasteiger partial charge in [0.25, 0.3) is 0 Å². The van der Waals surface area contributed by atoms with E-state index in [9.17, 15) is 20.1 Å². The van der Waals surface area contributed by atoms with Gasteiger partial charge in [-0.15, -0.1) is 0 Å². The van der Waals surface area contributed by atoms with Gasteiger partial charge in [-0.05, 0) is 51.3 Å². The maximum atomic E-state index is 12.8. The number of hydrogen-bond acceptors (Lipinski definition) is 5. The fourth-order valence-electron chi connectivity index (χ4n) is 4.91. The summed E-state index contributed by atoms with van der Waals surface area (Å²) in [5.74, 6) is -0.682. The van der Waals surface area contributed by atoms with Crippen molar-refractivity contribution < 1.29 is 24.9 Å². The third-order valence-corrected chi connectivity index (χ3v) is 6.57. The quantitative estimate of drug-likeness (QED) is 0.567. The molecule has 5 heteroatoms. The van der Waals surface area contributed by atoms with Crippen LogP contribution >= 0.6 is 0 Å². The predicted octanol–water partition coefficient (Wildman–Crippen LogP) is 2.74. The van der Waals surface area contributed by atoms with E-state index >= 15 is 0 Å². The van der Waals surface area contributed by atoms with Gasteiger partial charge in [0, 0.05) is 28.5 Å². The SMILES string of the molecule is CC(O)Cc1cc2c(c(O)c1O)[C@]1(C)CC[C@@]3(C)O[C@@]3(C)C1=CC2=O. The lowest BCUT2D eigenvalue weighted by Gasteiger charge is -2.43. The zero-order chi connectivity index (χ0) is 18.4. The lowest BCUT2D eigenvalue weighted by Crippen LogP contribution is -2.44. The van der Waals surface area contributed by atoms with Gasteiger partial charge in [0.15, 0.2) is 17.3 Å². The molecule has 1 saturated carbocycles. The molecule has 0 radical (unpaired) electrons. The number of allylic oxidation sites excluding steroid dienone is 1. The highest BCUT2D eigenvalue weighted by Crippen LogP contribution is 2.67. The Morgan fingerprint density at radius 3 is 2.52 bits per heavy atom. The first-order valence-corrected chi connectivity index (χ1v) is 8.77. The van der Waals surface area contributed by atoms with Crippen LogP contribution in [0.2, 0.25) is 0 Å². The number of phenols is 2. The highest BCUT2D eigenvalue weighted by atomic mass is 16.6. The molecule has 2 fully saturated rings. The van der Waals surface area contributed by atoms with Crippen molar-refractivity contribution in [3.8, 4) is 11.5 Å². The number of aliphatic hydroxyl groups is 1. The van der Waals surface area contributed by atoms with Crippen LogP contribution in [0.25, 0.3) is 0 Å². The van der Waals surface area contributed by atoms with Crippen LogP contribution in [0.3, 0.4) is 0 Å². The molecule has 3 N–H and O–H groups in total. The maximum Gasteiger partial charge on any atom is 0.186 e. The molecule has 2 aliphatic carbocycles. The van der Waals surface area contributed by atoms with Gasteiger partial charge in [0.05, 0.1) is 11.7 Å². The van der Waals surface area contributed by atoms with E-state index in [-0.39, 0.29) is 29.3 Å². The summed E-state index contributed by atoms with van der Waals surface area (Å²) >= 11 is 0. The minimum absolute atomic E-state index is 0.173. The number of carbonyl (C=O) groups excluding carboxylic acids is 1. The second-order valence-electron chi connectivity index (χ2n) is 8.33. The summed E-state index contributed by atoms with van der Waals surface area (Å²) < 4.78 is 6.00. The van der Waals surface area contributed by atoms with Gasteiger partial charge in [-0.25, -0.2) is 0 Å². The van der Waals surface area contributed by atoms with Crippen LogP contribution in [0.15, 0.2) is 17.7 Å². The van der Waals surface area contributed by atoms with Crippen molar-refractivity contribution >= 4 is 5.78 Å². The number of aromatic hydroxyl groups is 2. The summed E-state index contributed by atoms with van der Waals surface area (Å²) in [6.07, 6.45) is 2.69. The molecule has 4 rings (SSSR count). The van der Waals surface area contributed by atoms with Crippen molar-refractivity contribution in [3.63, 3.8) is 0 Å². The Morgan fingerprint density at radius 2 is 1.88 bits per heavy atom. The van der Waals surface area contributed by atoms with Gasteiger partial charge < -0.3 is 20.1 Å². The van der Waals surface area contributed by atoms with E-state index < -0.39 is 17.1 Å². The Bertz CT molecular complexity index is 839. The molecule has 0 aromatic heterocycles. The monoisotopic (exact) mass is 344 g/mol. The van der Waals surface area contributed by atoms with E-state index in [4.69, 9.17) is 4.74 Å². The van der Waals surface area contributed by atoms with E-state index in [0.717, 1.165) is 18.4 Å². The van der Waals surface area contributed by atoms with Gasteiger partial charge in [-0.3, -0.25) is 4.79 Å². The number of aliphatic hydroxyl groups excluding tert-OH is 1. The average Bonchev–Trinajstić information content (AvgIpc) is 3.09. The molecule has 1 aliphatic heterocycles. The Hall–Kier alpha value is -1.85. The van der Waals surface area contributed by atoms with E-state index in [1.54, 1.807) is 19.1 Å². The molecule has 1 aromatic carbocycles. The first-order valence-electron chi connectivity index (χ1n) is 8.77. The van der Waals surface area contributed by atoms with Crippen LogP contribution in [-0.2, 0) is 16.6 Å². The second-order valence-corrected chi connectivity index (χ2v) is 8.33. The first kappa shape index (κ1) is 16.6. The number of fused-ring (bicyclic) bond motifs is 5. The Kier molecular flexibility index (Phi) is 3.09. The second kappa shape index (κ2) is 4.65. The lowest BCUT2D eigenvalue weighted by atomic mass is 9.57. The summed E-state index contributed by atoms with van der Waals surface area (Å²) in [5, 5.41) is 30.8. The summed E-state index contributed by atoms with van der Waals surface area (Å²) in [6.45, 7) is 7.65. The van der Waals surface area contributed by atoms with E-state index in [2.05, 4.69) is 6.92 Å². The van der Waals surface area contributed by atoms with Gasteiger partial charge in [-0.2, -0.15) is 0 Å². The van der Waals surface area contributed by atoms with Crippen LogP contribution in [0, 0.1) is 0 Å². The summed E-state index contributed by atoms with van der Waals surface area (Å²) in [4.78, 5) is 12.8. The number of carbonyl (C=O) groups is 1. The minimum Gasteiger partial charge on any atom is -0.504 e. The first-order chi connectivity index (χ1) is 11.5. The molecule has 134 valence electrons. The van der Waals surface area contributed by atoms with Gasteiger partial charge in [-0.1, -0.05) is 6.92 Å². The van der Waals surface area contributed by atoms with Gasteiger partial charge in [0.2, 0.25) is 0 Å². The molecule has 1 unspecified atom stereocenters. The molecule has 5 nitrogen and oxygen atoms in total. The molecule has 0 amide bonds. The van der Waals surface area contributed by atoms with Crippen LogP contribution < -0.4 is 0 Å². The minimum atomic E-state index is -0.683. The molecule has 1 saturated heterocycles. The fourth-order valence-corrected chi connectivity index (χ4v) is 4.91. The molecule has 0 bridgehead atoms. The zero-order valence-electron chi connectivity index (χ0n) is 15.0. The Morgan fingerprint density at radius 1 is 1.20 bits per heavy atom. The molecule has 1 heterocycles. The third kappa shape index (κ3) is 1.94. The van der Waals surface area contributed by atoms with Crippen LogP contribution in [0.1, 0.15) is 62.0 Å². The number of benzene rings is 1. The molecular weight excluding hydrogens is 320 g/mol. The number of rotatable bonds is 2. The van der Waals surface area contributed by atoms with Crippen molar-refractivity contribution in [2.24, 2.45) is 0 Å². The summed E-state index contributed by atoms with van der Waals surface area (Å²) in [5.41, 5.74) is 0.830. The van der Waals surface area contributed by atoms with Crippen LogP contribution in [0.4, 0.5) is 0 Å². The number of ketones is 1. The topological polar surface area (TPSA) is 90.3 Å². The average molecular weight is 344 g/mol. The summed E-state index contributed by atoms with van der Waals surface area (Å²) in [6, 6.07) is 1.61. The highest BCUT2D eigenvalue weighted by molar-refractivity contribution is 6.09. The van der Waals surface area contributed by atoms with Gasteiger partial charge in [0.1, 0.15) is 5.60 Å². The van der Waals surface area contributed by atoms with Crippen molar-refractivity contribution in [1.82, 2.24) is 0 Å². The number of epoxide rings is 1. The number of phenolic OH excluding ortho intramolecular Hbond substituents is 2. The maximum absolute atomic E-state index is 12.8. The normalized spacial score (nSPS) is 36.8. The third-order valence-electron chi connectivity index (χ3n) is 6.57. The number of hydrogen-bond donors (Lipinski definition) is 3. The standard InChI is InChI=1S/C20H24O5/c1-10(21)7-11-8-12-13(22)9-14-18(2,15(12)17(24)16(11)23)5-6-19(3)20(14,4)25-19/h8-10,21,23-24H,5-7H2,1-4H3/t10?,18-,19-,20+/m1/s1. The van der Waals surface area contributed by atoms with Crippen molar-refractivity contribution in [2.75, 3.05) is 0 Å². The highest BCUT2D eigenvalue weighted by Gasteiger charge is 2.71. The molecule has 1 aromatic rings. The van der Waals surface area contributed by atoms with Crippen LogP contribution in [0.5, 0.6) is 11.5 Å². The molecule has 0 spiro atoms.